The molecule has 10 heteroatoms. The molecular formula is C19H23N7O3. The van der Waals surface area contributed by atoms with E-state index in [1.54, 1.807) is 41.1 Å². The number of aromatic nitrogens is 6. The summed E-state index contributed by atoms with van der Waals surface area (Å²) in [6.07, 6.45) is 3.55. The van der Waals surface area contributed by atoms with Gasteiger partial charge in [0.1, 0.15) is 17.5 Å². The zero-order valence-corrected chi connectivity index (χ0v) is 16.2. The lowest BCUT2D eigenvalue weighted by Crippen LogP contribution is -2.43. The van der Waals surface area contributed by atoms with Crippen molar-refractivity contribution in [2.45, 2.75) is 38.1 Å². The van der Waals surface area contributed by atoms with Crippen LogP contribution in [0.1, 0.15) is 22.6 Å². The van der Waals surface area contributed by atoms with Crippen molar-refractivity contribution in [1.82, 2.24) is 35.1 Å². The highest BCUT2D eigenvalue weighted by atomic mass is 16.3. The number of hydrogen-bond acceptors (Lipinski definition) is 7. The highest BCUT2D eigenvalue weighted by Crippen LogP contribution is 2.29. The summed E-state index contributed by atoms with van der Waals surface area (Å²) < 4.78 is 3.25. The number of aryl methyl sites for hydroxylation is 2. The molecule has 152 valence electrons. The van der Waals surface area contributed by atoms with E-state index in [1.165, 1.54) is 0 Å². The fraction of sp³-hybridized carbons (Fsp3) is 0.421. The van der Waals surface area contributed by atoms with E-state index < -0.39 is 18.2 Å². The molecule has 3 N–H and O–H groups in total. The maximum Gasteiger partial charge on any atom is 0.272 e. The summed E-state index contributed by atoms with van der Waals surface area (Å²) in [4.78, 5) is 16.5. The number of pyridine rings is 1. The highest BCUT2D eigenvalue weighted by molar-refractivity contribution is 5.92. The number of hydrogen-bond donors (Lipinski definition) is 3. The second-order valence-electron chi connectivity index (χ2n) is 7.42. The molecule has 3 heterocycles. The zero-order valence-electron chi connectivity index (χ0n) is 16.2. The largest absolute Gasteiger partial charge is 0.390 e. The molecule has 3 aromatic rings. The number of nitrogens with one attached hydrogen (secondary N) is 1. The number of aliphatic hydroxyl groups is 2. The van der Waals surface area contributed by atoms with E-state index in [0.717, 1.165) is 11.3 Å². The Bertz CT molecular complexity index is 981. The van der Waals surface area contributed by atoms with Gasteiger partial charge < -0.3 is 15.5 Å². The average Bonchev–Trinajstić information content (AvgIpc) is 3.39. The molecule has 1 fully saturated rings. The fourth-order valence-corrected chi connectivity index (χ4v) is 3.64. The molecule has 0 spiro atoms. The van der Waals surface area contributed by atoms with Gasteiger partial charge in [0.2, 0.25) is 0 Å². The Morgan fingerprint density at radius 2 is 2.17 bits per heavy atom. The van der Waals surface area contributed by atoms with E-state index in [0.29, 0.717) is 18.7 Å². The van der Waals surface area contributed by atoms with Crippen LogP contribution >= 0.6 is 0 Å². The van der Waals surface area contributed by atoms with E-state index in [9.17, 15) is 15.0 Å². The van der Waals surface area contributed by atoms with Gasteiger partial charge in [-0.3, -0.25) is 19.1 Å². The van der Waals surface area contributed by atoms with Crippen LogP contribution in [-0.4, -0.2) is 64.1 Å². The predicted molar refractivity (Wildman–Crippen MR) is 103 cm³/mol. The summed E-state index contributed by atoms with van der Waals surface area (Å²) in [5.41, 5.74) is 2.67. The maximum atomic E-state index is 12.4. The zero-order chi connectivity index (χ0) is 20.5. The molecule has 1 aliphatic rings. The molecule has 0 aromatic carbocycles. The van der Waals surface area contributed by atoms with Gasteiger partial charge >= 0.3 is 0 Å². The van der Waals surface area contributed by atoms with Crippen LogP contribution in [-0.2, 0) is 13.6 Å². The molecule has 0 saturated heterocycles. The van der Waals surface area contributed by atoms with Gasteiger partial charge in [0.05, 0.1) is 18.3 Å². The third kappa shape index (κ3) is 3.89. The fourth-order valence-electron chi connectivity index (χ4n) is 3.64. The van der Waals surface area contributed by atoms with Crippen LogP contribution in [0.15, 0.2) is 36.8 Å². The molecule has 10 nitrogen and oxygen atoms in total. The third-order valence-corrected chi connectivity index (χ3v) is 5.38. The first-order chi connectivity index (χ1) is 13.9. The van der Waals surface area contributed by atoms with Crippen molar-refractivity contribution in [1.29, 1.82) is 0 Å². The quantitative estimate of drug-likeness (QED) is 0.549. The van der Waals surface area contributed by atoms with Crippen molar-refractivity contribution >= 4 is 5.91 Å². The van der Waals surface area contributed by atoms with Gasteiger partial charge in [-0.2, -0.15) is 5.10 Å². The minimum Gasteiger partial charge on any atom is -0.390 e. The van der Waals surface area contributed by atoms with Crippen molar-refractivity contribution < 1.29 is 15.0 Å². The summed E-state index contributed by atoms with van der Waals surface area (Å²) in [6, 6.07) is 4.83. The molecular weight excluding hydrogens is 374 g/mol. The Kier molecular flexibility index (Phi) is 5.12. The van der Waals surface area contributed by atoms with Crippen molar-refractivity contribution in [3.05, 3.63) is 48.2 Å². The second kappa shape index (κ2) is 7.72. The summed E-state index contributed by atoms with van der Waals surface area (Å²) in [5.74, 6) is -0.644. The lowest BCUT2D eigenvalue weighted by Gasteiger charge is -2.17. The van der Waals surface area contributed by atoms with Crippen LogP contribution in [0, 0.1) is 12.8 Å². The van der Waals surface area contributed by atoms with Crippen molar-refractivity contribution in [3.8, 4) is 11.3 Å². The molecule has 0 aliphatic heterocycles. The standard InChI is InChI=1S/C19H23N7O3/c1-11-6-15(23-25(11)2)19(29)21-14-7-13(17(27)18(14)28)9-26-10-16(22-24-26)12-4-3-5-20-8-12/h3-6,8,10,13-14,17-18,27-28H,7,9H2,1-2H3,(H,21,29)/t13-,14-,17-,18+/m1/s1. The Balaban J connectivity index is 1.41. The van der Waals surface area contributed by atoms with Crippen LogP contribution in [0.3, 0.4) is 0 Å². The number of nitrogens with zero attached hydrogens (tertiary/aromatic N) is 6. The highest BCUT2D eigenvalue weighted by Gasteiger charge is 2.42. The van der Waals surface area contributed by atoms with Gasteiger partial charge in [0, 0.05) is 43.2 Å². The van der Waals surface area contributed by atoms with Gasteiger partial charge in [-0.05, 0) is 31.5 Å². The molecule has 0 bridgehead atoms. The molecule has 29 heavy (non-hydrogen) atoms. The summed E-state index contributed by atoms with van der Waals surface area (Å²) in [5, 5.41) is 36.0. The SMILES string of the molecule is Cc1cc(C(=O)N[C@@H]2C[C@H](Cn3cc(-c4cccnc4)nn3)[C@@H](O)[C@H]2O)nn1C. The molecule has 1 saturated carbocycles. The Labute approximate surface area is 167 Å². The van der Waals surface area contributed by atoms with Gasteiger partial charge in [0.25, 0.3) is 5.91 Å². The predicted octanol–water partition coefficient (Wildman–Crippen LogP) is -0.0777. The number of rotatable bonds is 5. The topological polar surface area (TPSA) is 131 Å². The van der Waals surface area contributed by atoms with E-state index in [2.05, 4.69) is 25.7 Å². The Hall–Kier alpha value is -3.11. The summed E-state index contributed by atoms with van der Waals surface area (Å²) in [6.45, 7) is 2.23. The molecule has 4 atom stereocenters. The van der Waals surface area contributed by atoms with E-state index in [4.69, 9.17) is 0 Å². The third-order valence-electron chi connectivity index (χ3n) is 5.38. The number of carbonyl (C=O) groups is 1. The minimum atomic E-state index is -1.06. The van der Waals surface area contributed by atoms with E-state index in [-0.39, 0.29) is 17.5 Å². The van der Waals surface area contributed by atoms with Crippen LogP contribution in [0.25, 0.3) is 11.3 Å². The van der Waals surface area contributed by atoms with Gasteiger partial charge in [0.15, 0.2) is 0 Å². The second-order valence-corrected chi connectivity index (χ2v) is 7.42. The minimum absolute atomic E-state index is 0.274. The Morgan fingerprint density at radius 3 is 2.86 bits per heavy atom. The van der Waals surface area contributed by atoms with Crippen LogP contribution in [0.2, 0.25) is 0 Å². The molecule has 1 amide bonds. The summed E-state index contributed by atoms with van der Waals surface area (Å²) in [7, 11) is 1.76. The number of carbonyl (C=O) groups excluding carboxylic acids is 1. The van der Waals surface area contributed by atoms with E-state index >= 15 is 0 Å². The van der Waals surface area contributed by atoms with Crippen LogP contribution in [0.5, 0.6) is 0 Å². The molecule has 4 rings (SSSR count). The van der Waals surface area contributed by atoms with Crippen LogP contribution in [0.4, 0.5) is 0 Å². The molecule has 0 radical (unpaired) electrons. The molecule has 0 unspecified atom stereocenters. The first kappa shape index (κ1) is 19.2. The van der Waals surface area contributed by atoms with Crippen molar-refractivity contribution in [2.75, 3.05) is 0 Å². The van der Waals surface area contributed by atoms with Gasteiger partial charge in [-0.1, -0.05) is 5.21 Å². The Morgan fingerprint density at radius 1 is 1.34 bits per heavy atom. The maximum absolute atomic E-state index is 12.4. The summed E-state index contributed by atoms with van der Waals surface area (Å²) >= 11 is 0. The van der Waals surface area contributed by atoms with Crippen LogP contribution < -0.4 is 5.32 Å². The number of aliphatic hydroxyl groups excluding tert-OH is 2. The van der Waals surface area contributed by atoms with Gasteiger partial charge in [-0.15, -0.1) is 5.10 Å². The first-order valence-corrected chi connectivity index (χ1v) is 9.40. The molecule has 3 aromatic heterocycles. The normalized spacial score (nSPS) is 24.0. The lowest BCUT2D eigenvalue weighted by molar-refractivity contribution is 0.00759. The molecule has 1 aliphatic carbocycles. The van der Waals surface area contributed by atoms with Crippen molar-refractivity contribution in [3.63, 3.8) is 0 Å². The monoisotopic (exact) mass is 397 g/mol. The van der Waals surface area contributed by atoms with Gasteiger partial charge in [-0.25, -0.2) is 0 Å². The lowest BCUT2D eigenvalue weighted by atomic mass is 10.1. The first-order valence-electron chi connectivity index (χ1n) is 9.40. The average molecular weight is 397 g/mol. The van der Waals surface area contributed by atoms with Crippen molar-refractivity contribution in [2.24, 2.45) is 13.0 Å². The smallest absolute Gasteiger partial charge is 0.272 e. The van der Waals surface area contributed by atoms with E-state index in [1.807, 2.05) is 19.1 Å². The number of amides is 1.